The van der Waals surface area contributed by atoms with Crippen molar-refractivity contribution in [2.24, 2.45) is 5.92 Å². The molecular formula is C30H42N2. The second-order valence-electron chi connectivity index (χ2n) is 8.87. The molecule has 1 aliphatic heterocycles. The summed E-state index contributed by atoms with van der Waals surface area (Å²) in [7, 11) is 0. The maximum Gasteiger partial charge on any atom is 0.0994 e. The number of benzene rings is 2. The van der Waals surface area contributed by atoms with Gasteiger partial charge in [-0.2, -0.15) is 5.26 Å². The van der Waals surface area contributed by atoms with Gasteiger partial charge in [-0.15, -0.1) is 0 Å². The second kappa shape index (κ2) is 13.1. The lowest BCUT2D eigenvalue weighted by Gasteiger charge is -2.23. The molecule has 2 nitrogen and oxygen atoms in total. The maximum absolute atomic E-state index is 9.43. The number of nitrogens with zero attached hydrogens (tertiary/aromatic N) is 1. The molecule has 0 aromatic heterocycles. The molecule has 2 heteroatoms. The van der Waals surface area contributed by atoms with Crippen LogP contribution in [0.5, 0.6) is 0 Å². The third kappa shape index (κ3) is 6.49. The van der Waals surface area contributed by atoms with Crippen molar-refractivity contribution in [2.45, 2.75) is 86.5 Å². The van der Waals surface area contributed by atoms with E-state index < -0.39 is 0 Å². The van der Waals surface area contributed by atoms with Gasteiger partial charge in [0.05, 0.1) is 11.6 Å². The molecule has 1 saturated carbocycles. The van der Waals surface area contributed by atoms with Crippen molar-refractivity contribution in [1.82, 2.24) is 0 Å². The number of nitriles is 1. The van der Waals surface area contributed by atoms with Crippen LogP contribution in [0.3, 0.4) is 0 Å². The molecule has 4 rings (SSSR count). The highest BCUT2D eigenvalue weighted by atomic mass is 14.9. The van der Waals surface area contributed by atoms with Crippen molar-refractivity contribution in [3.8, 4) is 6.07 Å². The number of nitrogens with one attached hydrogen (secondary N) is 1. The normalized spacial score (nSPS) is 15.3. The van der Waals surface area contributed by atoms with E-state index in [2.05, 4.69) is 68.6 Å². The molecule has 1 N–H and O–H groups in total. The van der Waals surface area contributed by atoms with Gasteiger partial charge in [0.2, 0.25) is 0 Å². The number of rotatable bonds is 3. The zero-order valence-corrected chi connectivity index (χ0v) is 21.1. The molecule has 1 heterocycles. The largest absolute Gasteiger partial charge is 0.385 e. The predicted octanol–water partition coefficient (Wildman–Crippen LogP) is 8.60. The van der Waals surface area contributed by atoms with Gasteiger partial charge in [-0.3, -0.25) is 0 Å². The van der Waals surface area contributed by atoms with Gasteiger partial charge < -0.3 is 5.32 Å². The van der Waals surface area contributed by atoms with Crippen molar-refractivity contribution in [1.29, 1.82) is 5.26 Å². The highest BCUT2D eigenvalue weighted by molar-refractivity contribution is 5.85. The first-order valence-corrected chi connectivity index (χ1v) is 12.6. The number of hydrogen-bond acceptors (Lipinski definition) is 2. The summed E-state index contributed by atoms with van der Waals surface area (Å²) in [6.45, 7) is 13.7. The lowest BCUT2D eigenvalue weighted by Crippen LogP contribution is -2.13. The molecule has 0 amide bonds. The quantitative estimate of drug-likeness (QED) is 0.529. The van der Waals surface area contributed by atoms with E-state index in [-0.39, 0.29) is 0 Å². The van der Waals surface area contributed by atoms with Crippen molar-refractivity contribution in [3.63, 3.8) is 0 Å². The molecule has 2 aromatic carbocycles. The number of allylic oxidation sites excluding steroid dienone is 1. The monoisotopic (exact) mass is 430 g/mol. The van der Waals surface area contributed by atoms with Gasteiger partial charge in [0, 0.05) is 12.2 Å². The Kier molecular flexibility index (Phi) is 10.5. The second-order valence-corrected chi connectivity index (χ2v) is 8.87. The number of hydrogen-bond donors (Lipinski definition) is 1. The molecule has 1 aliphatic carbocycles. The third-order valence-electron chi connectivity index (χ3n) is 6.42. The Morgan fingerprint density at radius 1 is 1.06 bits per heavy atom. The van der Waals surface area contributed by atoms with E-state index >= 15 is 0 Å². The first kappa shape index (κ1) is 25.7. The Labute approximate surface area is 196 Å². The lowest BCUT2D eigenvalue weighted by molar-refractivity contribution is 0.612. The van der Waals surface area contributed by atoms with Gasteiger partial charge in [0.15, 0.2) is 0 Å². The minimum atomic E-state index is 0.764. The van der Waals surface area contributed by atoms with Crippen LogP contribution in [-0.4, -0.2) is 6.54 Å². The van der Waals surface area contributed by atoms with Crippen molar-refractivity contribution in [2.75, 3.05) is 11.9 Å². The van der Waals surface area contributed by atoms with Crippen molar-refractivity contribution in [3.05, 3.63) is 69.8 Å². The van der Waals surface area contributed by atoms with Crippen LogP contribution >= 0.6 is 0 Å². The first-order valence-electron chi connectivity index (χ1n) is 12.6. The van der Waals surface area contributed by atoms with Gasteiger partial charge >= 0.3 is 0 Å². The molecule has 2 aliphatic rings. The van der Waals surface area contributed by atoms with Gasteiger partial charge in [-0.25, -0.2) is 0 Å². The Bertz CT molecular complexity index is 940. The summed E-state index contributed by atoms with van der Waals surface area (Å²) in [5, 5.41) is 12.9. The molecule has 0 radical (unpaired) electrons. The highest BCUT2D eigenvalue weighted by Crippen LogP contribution is 2.35. The van der Waals surface area contributed by atoms with Gasteiger partial charge in [-0.05, 0) is 84.6 Å². The molecule has 172 valence electrons. The molecular weight excluding hydrogens is 388 g/mol. The summed E-state index contributed by atoms with van der Waals surface area (Å²) < 4.78 is 0. The van der Waals surface area contributed by atoms with Crippen LogP contribution in [-0.2, 0) is 6.42 Å². The summed E-state index contributed by atoms with van der Waals surface area (Å²) >= 11 is 0. The summed E-state index contributed by atoms with van der Waals surface area (Å²) in [6, 6.07) is 13.0. The fraction of sp³-hybridized carbons (Fsp3) is 0.500. The van der Waals surface area contributed by atoms with Crippen molar-refractivity contribution < 1.29 is 0 Å². The molecule has 0 atom stereocenters. The minimum Gasteiger partial charge on any atom is -0.385 e. The smallest absolute Gasteiger partial charge is 0.0994 e. The van der Waals surface area contributed by atoms with Crippen molar-refractivity contribution >= 4 is 11.3 Å². The zero-order chi connectivity index (χ0) is 23.5. The van der Waals surface area contributed by atoms with Gasteiger partial charge in [0.25, 0.3) is 0 Å². The fourth-order valence-corrected chi connectivity index (χ4v) is 4.72. The van der Waals surface area contributed by atoms with E-state index in [0.717, 1.165) is 36.4 Å². The van der Waals surface area contributed by atoms with E-state index in [4.69, 9.17) is 0 Å². The summed E-state index contributed by atoms with van der Waals surface area (Å²) in [4.78, 5) is 0. The van der Waals surface area contributed by atoms with E-state index in [0.29, 0.717) is 0 Å². The van der Waals surface area contributed by atoms with Crippen LogP contribution in [0.2, 0.25) is 0 Å². The number of anilines is 1. The van der Waals surface area contributed by atoms with Gasteiger partial charge in [-0.1, -0.05) is 77.7 Å². The molecule has 0 spiro atoms. The average molecular weight is 431 g/mol. The van der Waals surface area contributed by atoms with E-state index in [9.17, 15) is 5.26 Å². The molecule has 0 saturated heterocycles. The standard InChI is InChI=1S/C22H24N2.C6H12.C2H6/c1-4-7-18(21-13-17(14-23)15(2)12-16(21)3)19-8-5-10-22-20(19)9-6-11-24-22;1-6-4-2-3-5-6;1-2/h5,7-8,10,12-13,24H,4,6,9,11H2,1-3H3;6H,2-5H2,1H3;1-2H3/b18-7-;;. The van der Waals surface area contributed by atoms with Crippen LogP contribution in [0.15, 0.2) is 36.4 Å². The SMILES string of the molecule is CC.CC/C=C(\c1cc(C#N)c(C)cc1C)c1cccc2c1CCCN2.CC1CCCC1. The fourth-order valence-electron chi connectivity index (χ4n) is 4.72. The van der Waals surface area contributed by atoms with E-state index in [1.54, 1.807) is 0 Å². The summed E-state index contributed by atoms with van der Waals surface area (Å²) in [5.41, 5.74) is 9.44. The van der Waals surface area contributed by atoms with Crippen LogP contribution in [0.1, 0.15) is 99.6 Å². The van der Waals surface area contributed by atoms with Crippen LogP contribution in [0, 0.1) is 31.1 Å². The molecule has 0 unspecified atom stereocenters. The Hall–Kier alpha value is -2.53. The molecule has 0 bridgehead atoms. The number of aryl methyl sites for hydroxylation is 2. The lowest BCUT2D eigenvalue weighted by atomic mass is 9.86. The van der Waals surface area contributed by atoms with Crippen LogP contribution < -0.4 is 5.32 Å². The topological polar surface area (TPSA) is 35.8 Å². The Morgan fingerprint density at radius 3 is 2.38 bits per heavy atom. The average Bonchev–Trinajstić information content (AvgIpc) is 3.30. The van der Waals surface area contributed by atoms with Crippen LogP contribution in [0.25, 0.3) is 5.57 Å². The zero-order valence-electron chi connectivity index (χ0n) is 21.1. The molecule has 2 aromatic rings. The Balaban J connectivity index is 0.000000387. The van der Waals surface area contributed by atoms with E-state index in [1.807, 2.05) is 20.8 Å². The summed E-state index contributed by atoms with van der Waals surface area (Å²) in [5.74, 6) is 1.05. The highest BCUT2D eigenvalue weighted by Gasteiger charge is 2.18. The minimum absolute atomic E-state index is 0.764. The van der Waals surface area contributed by atoms with E-state index in [1.165, 1.54) is 65.6 Å². The maximum atomic E-state index is 9.43. The Morgan fingerprint density at radius 2 is 1.78 bits per heavy atom. The third-order valence-corrected chi connectivity index (χ3v) is 6.42. The predicted molar refractivity (Wildman–Crippen MR) is 140 cm³/mol. The van der Waals surface area contributed by atoms with Gasteiger partial charge in [0.1, 0.15) is 0 Å². The molecule has 32 heavy (non-hydrogen) atoms. The first-order chi connectivity index (χ1) is 15.5. The molecule has 1 fully saturated rings. The summed E-state index contributed by atoms with van der Waals surface area (Å²) in [6.07, 6.45) is 11.5. The van der Waals surface area contributed by atoms with Crippen LogP contribution in [0.4, 0.5) is 5.69 Å². The number of fused-ring (bicyclic) bond motifs is 1.